The number of benzene rings is 1. The Morgan fingerprint density at radius 1 is 1.25 bits per heavy atom. The van der Waals surface area contributed by atoms with Crippen LogP contribution in [0, 0.1) is 20.8 Å². The molecular formula is C15H17N3O2. The highest BCUT2D eigenvalue weighted by atomic mass is 16.2. The van der Waals surface area contributed by atoms with Gasteiger partial charge >= 0.3 is 0 Å². The Morgan fingerprint density at radius 2 is 1.90 bits per heavy atom. The fourth-order valence-electron chi connectivity index (χ4n) is 1.98. The zero-order valence-electron chi connectivity index (χ0n) is 11.8. The van der Waals surface area contributed by atoms with E-state index < -0.39 is 0 Å². The van der Waals surface area contributed by atoms with Crippen LogP contribution in [0.15, 0.2) is 35.4 Å². The van der Waals surface area contributed by atoms with Crippen molar-refractivity contribution in [2.45, 2.75) is 27.3 Å². The topological polar surface area (TPSA) is 64.0 Å². The first-order valence-electron chi connectivity index (χ1n) is 6.36. The molecule has 0 saturated carbocycles. The third-order valence-corrected chi connectivity index (χ3v) is 3.08. The largest absolute Gasteiger partial charge is 0.324 e. The SMILES string of the molecule is Cc1cc(=O)n(CC(=O)Nc2c(C)cccc2C)cn1. The van der Waals surface area contributed by atoms with E-state index in [2.05, 4.69) is 10.3 Å². The number of carbonyl (C=O) groups excluding carboxylic acids is 1. The zero-order chi connectivity index (χ0) is 14.7. The van der Waals surface area contributed by atoms with Gasteiger partial charge in [-0.1, -0.05) is 18.2 Å². The van der Waals surface area contributed by atoms with E-state index in [0.29, 0.717) is 5.69 Å². The van der Waals surface area contributed by atoms with Gasteiger partial charge in [0.1, 0.15) is 6.54 Å². The molecule has 0 atom stereocenters. The van der Waals surface area contributed by atoms with Crippen LogP contribution in [0.5, 0.6) is 0 Å². The number of rotatable bonds is 3. The Hall–Kier alpha value is -2.43. The van der Waals surface area contributed by atoms with Crippen LogP contribution in [0.4, 0.5) is 5.69 Å². The van der Waals surface area contributed by atoms with Gasteiger partial charge in [0.2, 0.25) is 5.91 Å². The Labute approximate surface area is 117 Å². The number of aryl methyl sites for hydroxylation is 3. The summed E-state index contributed by atoms with van der Waals surface area (Å²) in [6.07, 6.45) is 1.39. The Bertz CT molecular complexity index is 684. The highest BCUT2D eigenvalue weighted by Gasteiger charge is 2.08. The summed E-state index contributed by atoms with van der Waals surface area (Å²) >= 11 is 0. The fraction of sp³-hybridized carbons (Fsp3) is 0.267. The van der Waals surface area contributed by atoms with Gasteiger partial charge in [-0.2, -0.15) is 0 Å². The van der Waals surface area contributed by atoms with Gasteiger partial charge in [-0.05, 0) is 31.9 Å². The van der Waals surface area contributed by atoms with Crippen molar-refractivity contribution in [2.24, 2.45) is 0 Å². The minimum atomic E-state index is -0.241. The molecule has 0 fully saturated rings. The number of carbonyl (C=O) groups is 1. The maximum atomic E-state index is 12.0. The number of aromatic nitrogens is 2. The van der Waals surface area contributed by atoms with Gasteiger partial charge in [-0.3, -0.25) is 14.2 Å². The molecular weight excluding hydrogens is 254 g/mol. The molecule has 2 rings (SSSR count). The number of anilines is 1. The molecule has 0 saturated heterocycles. The molecule has 104 valence electrons. The van der Waals surface area contributed by atoms with Crippen LogP contribution >= 0.6 is 0 Å². The van der Waals surface area contributed by atoms with Crippen molar-refractivity contribution < 1.29 is 4.79 Å². The van der Waals surface area contributed by atoms with E-state index in [4.69, 9.17) is 0 Å². The fourth-order valence-corrected chi connectivity index (χ4v) is 1.98. The summed E-state index contributed by atoms with van der Waals surface area (Å²) in [5.41, 5.74) is 3.20. The average Bonchev–Trinajstić information content (AvgIpc) is 2.37. The summed E-state index contributed by atoms with van der Waals surface area (Å²) in [7, 11) is 0. The molecule has 0 spiro atoms. The lowest BCUT2D eigenvalue weighted by molar-refractivity contribution is -0.116. The highest BCUT2D eigenvalue weighted by molar-refractivity contribution is 5.92. The van der Waals surface area contributed by atoms with Gasteiger partial charge in [0.15, 0.2) is 0 Å². The number of para-hydroxylation sites is 1. The highest BCUT2D eigenvalue weighted by Crippen LogP contribution is 2.19. The predicted octanol–water partition coefficient (Wildman–Crippen LogP) is 1.81. The third kappa shape index (κ3) is 3.12. The quantitative estimate of drug-likeness (QED) is 0.926. The molecule has 1 aromatic carbocycles. The minimum absolute atomic E-state index is 0.0418. The molecule has 20 heavy (non-hydrogen) atoms. The van der Waals surface area contributed by atoms with Crippen LogP contribution in [-0.2, 0) is 11.3 Å². The number of amides is 1. The van der Waals surface area contributed by atoms with E-state index in [1.54, 1.807) is 6.92 Å². The molecule has 2 aromatic rings. The molecule has 0 radical (unpaired) electrons. The van der Waals surface area contributed by atoms with Crippen molar-refractivity contribution in [3.05, 3.63) is 57.8 Å². The van der Waals surface area contributed by atoms with Crippen LogP contribution in [0.1, 0.15) is 16.8 Å². The van der Waals surface area contributed by atoms with Crippen molar-refractivity contribution in [3.8, 4) is 0 Å². The average molecular weight is 271 g/mol. The van der Waals surface area contributed by atoms with E-state index in [0.717, 1.165) is 16.8 Å². The molecule has 1 N–H and O–H groups in total. The summed E-state index contributed by atoms with van der Waals surface area (Å²) in [6.45, 7) is 5.56. The number of hydrogen-bond acceptors (Lipinski definition) is 3. The molecule has 1 aromatic heterocycles. The first-order valence-corrected chi connectivity index (χ1v) is 6.36. The summed E-state index contributed by atoms with van der Waals surface area (Å²) in [5, 5.41) is 2.84. The van der Waals surface area contributed by atoms with Crippen molar-refractivity contribution in [2.75, 3.05) is 5.32 Å². The smallest absolute Gasteiger partial charge is 0.253 e. The molecule has 0 aliphatic heterocycles. The molecule has 0 aliphatic rings. The number of hydrogen-bond donors (Lipinski definition) is 1. The van der Waals surface area contributed by atoms with Crippen LogP contribution < -0.4 is 10.9 Å². The van der Waals surface area contributed by atoms with E-state index in [1.807, 2.05) is 32.0 Å². The minimum Gasteiger partial charge on any atom is -0.324 e. The molecule has 5 heteroatoms. The molecule has 1 heterocycles. The second-order valence-corrected chi connectivity index (χ2v) is 4.81. The molecule has 0 aliphatic carbocycles. The first kappa shape index (κ1) is 14.0. The second kappa shape index (κ2) is 5.69. The van der Waals surface area contributed by atoms with Gasteiger partial charge < -0.3 is 5.32 Å². The van der Waals surface area contributed by atoms with E-state index >= 15 is 0 Å². The Kier molecular flexibility index (Phi) is 3.98. The second-order valence-electron chi connectivity index (χ2n) is 4.81. The lowest BCUT2D eigenvalue weighted by atomic mass is 10.1. The maximum absolute atomic E-state index is 12.0. The summed E-state index contributed by atoms with van der Waals surface area (Å²) < 4.78 is 1.29. The normalized spacial score (nSPS) is 10.3. The maximum Gasteiger partial charge on any atom is 0.253 e. The van der Waals surface area contributed by atoms with Crippen LogP contribution in [0.3, 0.4) is 0 Å². The lowest BCUT2D eigenvalue weighted by Gasteiger charge is -2.12. The van der Waals surface area contributed by atoms with Gasteiger partial charge in [-0.25, -0.2) is 4.98 Å². The van der Waals surface area contributed by atoms with E-state index in [1.165, 1.54) is 17.0 Å². The standard InChI is InChI=1S/C15H17N3O2/c1-10-5-4-6-11(2)15(10)17-13(19)8-18-9-16-12(3)7-14(18)20/h4-7,9H,8H2,1-3H3,(H,17,19). The van der Waals surface area contributed by atoms with Crippen molar-refractivity contribution in [1.29, 1.82) is 0 Å². The number of nitrogens with zero attached hydrogens (tertiary/aromatic N) is 2. The predicted molar refractivity (Wildman–Crippen MR) is 77.8 cm³/mol. The summed E-state index contributed by atoms with van der Waals surface area (Å²) in [6, 6.07) is 7.21. The van der Waals surface area contributed by atoms with Crippen molar-refractivity contribution in [3.63, 3.8) is 0 Å². The Balaban J connectivity index is 2.15. The first-order chi connectivity index (χ1) is 9.47. The van der Waals surface area contributed by atoms with Gasteiger partial charge in [0.05, 0.1) is 6.33 Å². The van der Waals surface area contributed by atoms with E-state index in [9.17, 15) is 9.59 Å². The van der Waals surface area contributed by atoms with Crippen LogP contribution in [0.25, 0.3) is 0 Å². The Morgan fingerprint density at radius 3 is 2.50 bits per heavy atom. The summed E-state index contributed by atoms with van der Waals surface area (Å²) in [4.78, 5) is 27.7. The van der Waals surface area contributed by atoms with E-state index in [-0.39, 0.29) is 18.0 Å². The third-order valence-electron chi connectivity index (χ3n) is 3.08. The van der Waals surface area contributed by atoms with Crippen LogP contribution in [0.2, 0.25) is 0 Å². The molecule has 5 nitrogen and oxygen atoms in total. The van der Waals surface area contributed by atoms with Gasteiger partial charge in [0.25, 0.3) is 5.56 Å². The molecule has 0 bridgehead atoms. The van der Waals surface area contributed by atoms with Crippen LogP contribution in [-0.4, -0.2) is 15.5 Å². The monoisotopic (exact) mass is 271 g/mol. The summed E-state index contributed by atoms with van der Waals surface area (Å²) in [5.74, 6) is -0.241. The number of nitrogens with one attached hydrogen (secondary N) is 1. The van der Waals surface area contributed by atoms with Gasteiger partial charge in [0, 0.05) is 17.4 Å². The van der Waals surface area contributed by atoms with Crippen molar-refractivity contribution in [1.82, 2.24) is 9.55 Å². The van der Waals surface area contributed by atoms with Gasteiger partial charge in [-0.15, -0.1) is 0 Å². The van der Waals surface area contributed by atoms with Crippen molar-refractivity contribution >= 4 is 11.6 Å². The zero-order valence-corrected chi connectivity index (χ0v) is 11.8. The molecule has 1 amide bonds. The lowest BCUT2D eigenvalue weighted by Crippen LogP contribution is -2.28. The molecule has 0 unspecified atom stereocenters.